The van der Waals surface area contributed by atoms with E-state index in [1.165, 1.54) is 0 Å². The van der Waals surface area contributed by atoms with Crippen molar-refractivity contribution in [3.8, 4) is 5.75 Å². The summed E-state index contributed by atoms with van der Waals surface area (Å²) in [5, 5.41) is 2.94. The highest BCUT2D eigenvalue weighted by Gasteiger charge is 2.07. The summed E-state index contributed by atoms with van der Waals surface area (Å²) in [6, 6.07) is 13.1. The minimum Gasteiger partial charge on any atom is -0.494 e. The summed E-state index contributed by atoms with van der Waals surface area (Å²) < 4.78 is 5.67. The second-order valence-corrected chi connectivity index (χ2v) is 5.65. The van der Waals surface area contributed by atoms with Crippen molar-refractivity contribution in [1.82, 2.24) is 0 Å². The second kappa shape index (κ2) is 9.83. The smallest absolute Gasteiger partial charge is 0.228 e. The first-order valence-corrected chi connectivity index (χ1v) is 7.96. The lowest BCUT2D eigenvalue weighted by molar-refractivity contribution is -0.115. The third-order valence-corrected chi connectivity index (χ3v) is 3.58. The van der Waals surface area contributed by atoms with Gasteiger partial charge in [0.1, 0.15) is 5.75 Å². The number of carbonyl (C=O) groups excluding carboxylic acids is 1. The monoisotopic (exact) mass is 348 g/mol. The zero-order valence-corrected chi connectivity index (χ0v) is 15.0. The van der Waals surface area contributed by atoms with E-state index < -0.39 is 0 Å². The van der Waals surface area contributed by atoms with Crippen LogP contribution in [0.3, 0.4) is 0 Å². The van der Waals surface area contributed by atoms with Crippen LogP contribution in [0.25, 0.3) is 0 Å². The van der Waals surface area contributed by atoms with Crippen molar-refractivity contribution in [2.75, 3.05) is 17.7 Å². The van der Waals surface area contributed by atoms with Crippen molar-refractivity contribution in [3.63, 3.8) is 0 Å². The Bertz CT molecular complexity index is 657. The first-order valence-electron chi connectivity index (χ1n) is 7.96. The van der Waals surface area contributed by atoms with Gasteiger partial charge in [-0.1, -0.05) is 25.5 Å². The van der Waals surface area contributed by atoms with Gasteiger partial charge in [0.25, 0.3) is 0 Å². The largest absolute Gasteiger partial charge is 0.494 e. The molecule has 2 aromatic carbocycles. The van der Waals surface area contributed by atoms with Crippen molar-refractivity contribution in [2.45, 2.75) is 33.1 Å². The van der Waals surface area contributed by atoms with Gasteiger partial charge >= 0.3 is 0 Å². The molecule has 0 saturated carbocycles. The average Bonchev–Trinajstić information content (AvgIpc) is 2.52. The fraction of sp³-hybridized carbons (Fsp3) is 0.316. The maximum atomic E-state index is 12.1. The van der Waals surface area contributed by atoms with Crippen LogP contribution in [0, 0.1) is 6.92 Å². The van der Waals surface area contributed by atoms with Crippen molar-refractivity contribution in [3.05, 3.63) is 53.6 Å². The Morgan fingerprint density at radius 3 is 2.50 bits per heavy atom. The molecule has 0 aliphatic heterocycles. The predicted octanol–water partition coefficient (Wildman–Crippen LogP) is 4.36. The lowest BCUT2D eigenvalue weighted by Gasteiger charge is -2.11. The molecule has 0 aliphatic rings. The van der Waals surface area contributed by atoms with Crippen LogP contribution in [-0.4, -0.2) is 12.5 Å². The van der Waals surface area contributed by atoms with Crippen LogP contribution < -0.4 is 15.8 Å². The highest BCUT2D eigenvalue weighted by atomic mass is 35.5. The first-order chi connectivity index (χ1) is 11.1. The van der Waals surface area contributed by atoms with Crippen molar-refractivity contribution >= 4 is 29.7 Å². The fourth-order valence-corrected chi connectivity index (χ4v) is 2.22. The highest BCUT2D eigenvalue weighted by Crippen LogP contribution is 2.22. The molecule has 2 aromatic rings. The highest BCUT2D eigenvalue weighted by molar-refractivity contribution is 5.93. The molecule has 0 radical (unpaired) electrons. The van der Waals surface area contributed by atoms with E-state index >= 15 is 0 Å². The van der Waals surface area contributed by atoms with Crippen LogP contribution in [-0.2, 0) is 11.2 Å². The molecule has 130 valence electrons. The molecule has 0 heterocycles. The Labute approximate surface area is 149 Å². The van der Waals surface area contributed by atoms with E-state index in [1.54, 1.807) is 12.1 Å². The summed E-state index contributed by atoms with van der Waals surface area (Å²) in [6.45, 7) is 4.82. The summed E-state index contributed by atoms with van der Waals surface area (Å²) >= 11 is 0. The number of nitrogen functional groups attached to an aromatic ring is 1. The van der Waals surface area contributed by atoms with Gasteiger partial charge in [0, 0.05) is 11.4 Å². The summed E-state index contributed by atoms with van der Waals surface area (Å²) in [4.78, 5) is 12.1. The third kappa shape index (κ3) is 6.13. The first kappa shape index (κ1) is 19.8. The average molecular weight is 349 g/mol. The number of anilines is 2. The van der Waals surface area contributed by atoms with Crippen LogP contribution in [0.5, 0.6) is 5.75 Å². The number of benzene rings is 2. The van der Waals surface area contributed by atoms with Crippen molar-refractivity contribution < 1.29 is 9.53 Å². The molecule has 0 unspecified atom stereocenters. The van der Waals surface area contributed by atoms with E-state index in [2.05, 4.69) is 12.2 Å². The van der Waals surface area contributed by atoms with Crippen LogP contribution >= 0.6 is 12.4 Å². The van der Waals surface area contributed by atoms with Gasteiger partial charge in [0.05, 0.1) is 13.0 Å². The number of amides is 1. The molecule has 2 rings (SSSR count). The van der Waals surface area contributed by atoms with E-state index in [9.17, 15) is 4.79 Å². The Morgan fingerprint density at radius 2 is 1.88 bits per heavy atom. The minimum absolute atomic E-state index is 0. The molecule has 0 bridgehead atoms. The molecule has 5 heteroatoms. The topological polar surface area (TPSA) is 64.3 Å². The molecule has 0 saturated heterocycles. The molecule has 0 atom stereocenters. The molecule has 1 amide bonds. The lowest BCUT2D eigenvalue weighted by atomic mass is 10.1. The maximum Gasteiger partial charge on any atom is 0.228 e. The van der Waals surface area contributed by atoms with Gasteiger partial charge in [-0.2, -0.15) is 0 Å². The van der Waals surface area contributed by atoms with Gasteiger partial charge < -0.3 is 15.8 Å². The summed E-state index contributed by atoms with van der Waals surface area (Å²) in [5.41, 5.74) is 9.09. The van der Waals surface area contributed by atoms with E-state index in [0.717, 1.165) is 42.0 Å². The number of rotatable bonds is 7. The molecule has 4 nitrogen and oxygen atoms in total. The quantitative estimate of drug-likeness (QED) is 0.577. The molecule has 0 fully saturated rings. The molecule has 24 heavy (non-hydrogen) atoms. The van der Waals surface area contributed by atoms with Crippen LogP contribution in [0.15, 0.2) is 42.5 Å². The minimum atomic E-state index is -0.0440. The van der Waals surface area contributed by atoms with E-state index in [0.29, 0.717) is 12.1 Å². The Morgan fingerprint density at radius 1 is 1.17 bits per heavy atom. The zero-order valence-electron chi connectivity index (χ0n) is 14.2. The second-order valence-electron chi connectivity index (χ2n) is 5.65. The molecule has 0 aromatic heterocycles. The summed E-state index contributed by atoms with van der Waals surface area (Å²) in [7, 11) is 0. The van der Waals surface area contributed by atoms with Gasteiger partial charge in [-0.05, 0) is 54.8 Å². The van der Waals surface area contributed by atoms with Gasteiger partial charge in [-0.15, -0.1) is 12.4 Å². The van der Waals surface area contributed by atoms with Gasteiger partial charge in [0.2, 0.25) is 5.91 Å². The summed E-state index contributed by atoms with van der Waals surface area (Å²) in [6.07, 6.45) is 2.48. The number of carbonyl (C=O) groups is 1. The Balaban J connectivity index is 0.00000288. The molecular weight excluding hydrogens is 324 g/mol. The van der Waals surface area contributed by atoms with E-state index in [-0.39, 0.29) is 18.3 Å². The number of halogens is 1. The SMILES string of the molecule is CCCCOc1ccc(NC(=O)Cc2ccc(N)cc2)c(C)c1.Cl. The predicted molar refractivity (Wildman–Crippen MR) is 102 cm³/mol. The Hall–Kier alpha value is -2.20. The van der Waals surface area contributed by atoms with Crippen molar-refractivity contribution in [2.24, 2.45) is 0 Å². The van der Waals surface area contributed by atoms with Gasteiger partial charge in [-0.25, -0.2) is 0 Å². The number of hydrogen-bond donors (Lipinski definition) is 2. The number of aryl methyl sites for hydroxylation is 1. The Kier molecular flexibility index (Phi) is 8.13. The number of nitrogens with two attached hydrogens (primary N) is 1. The third-order valence-electron chi connectivity index (χ3n) is 3.58. The van der Waals surface area contributed by atoms with E-state index in [1.807, 2.05) is 37.3 Å². The number of ether oxygens (including phenoxy) is 1. The summed E-state index contributed by atoms with van der Waals surface area (Å²) in [5.74, 6) is 0.796. The standard InChI is InChI=1S/C19H24N2O2.ClH/c1-3-4-11-23-17-9-10-18(14(2)12-17)21-19(22)13-15-5-7-16(20)8-6-15;/h5-10,12H,3-4,11,13,20H2,1-2H3,(H,21,22);1H. The van der Waals surface area contributed by atoms with Crippen molar-refractivity contribution in [1.29, 1.82) is 0 Å². The maximum absolute atomic E-state index is 12.1. The van der Waals surface area contributed by atoms with E-state index in [4.69, 9.17) is 10.5 Å². The molecular formula is C19H25ClN2O2. The van der Waals surface area contributed by atoms with Gasteiger partial charge in [-0.3, -0.25) is 4.79 Å². The van der Waals surface area contributed by atoms with Crippen LogP contribution in [0.1, 0.15) is 30.9 Å². The van der Waals surface area contributed by atoms with Gasteiger partial charge in [0.15, 0.2) is 0 Å². The lowest BCUT2D eigenvalue weighted by Crippen LogP contribution is -2.15. The number of hydrogen-bond acceptors (Lipinski definition) is 3. The number of nitrogens with one attached hydrogen (secondary N) is 1. The molecule has 0 aliphatic carbocycles. The fourth-order valence-electron chi connectivity index (χ4n) is 2.22. The normalized spacial score (nSPS) is 9.92. The van der Waals surface area contributed by atoms with Crippen LogP contribution in [0.2, 0.25) is 0 Å². The molecule has 0 spiro atoms. The zero-order chi connectivity index (χ0) is 16.7. The molecule has 3 N–H and O–H groups in total. The number of unbranched alkanes of at least 4 members (excludes halogenated alkanes) is 1. The van der Waals surface area contributed by atoms with Crippen LogP contribution in [0.4, 0.5) is 11.4 Å².